The highest BCUT2D eigenvalue weighted by molar-refractivity contribution is 7.99. The number of benzene rings is 2. The number of hydrogen-bond acceptors (Lipinski definition) is 8. The molecule has 5 rings (SSSR count). The van der Waals surface area contributed by atoms with Gasteiger partial charge in [-0.15, -0.1) is 11.8 Å². The van der Waals surface area contributed by atoms with Crippen molar-refractivity contribution in [1.82, 2.24) is 4.98 Å². The first-order valence-electron chi connectivity index (χ1n) is 10.2. The van der Waals surface area contributed by atoms with Gasteiger partial charge < -0.3 is 29.6 Å². The molecule has 2 aliphatic heterocycles. The van der Waals surface area contributed by atoms with Gasteiger partial charge in [-0.05, 0) is 12.5 Å². The van der Waals surface area contributed by atoms with Crippen molar-refractivity contribution >= 4 is 23.1 Å². The van der Waals surface area contributed by atoms with E-state index < -0.39 is 0 Å². The van der Waals surface area contributed by atoms with E-state index in [0.29, 0.717) is 29.6 Å². The summed E-state index contributed by atoms with van der Waals surface area (Å²) in [5, 5.41) is 6.92. The minimum Gasteiger partial charge on any atom is -0.492 e. The van der Waals surface area contributed by atoms with Gasteiger partial charge in [0.05, 0.1) is 30.4 Å². The van der Waals surface area contributed by atoms with Crippen LogP contribution >= 0.6 is 11.8 Å². The van der Waals surface area contributed by atoms with E-state index in [9.17, 15) is 0 Å². The van der Waals surface area contributed by atoms with Gasteiger partial charge in [0.1, 0.15) is 24.6 Å². The van der Waals surface area contributed by atoms with E-state index in [0.717, 1.165) is 33.9 Å². The number of rotatable bonds is 7. The summed E-state index contributed by atoms with van der Waals surface area (Å²) in [6.45, 7) is 2.48. The Morgan fingerprint density at radius 2 is 1.72 bits per heavy atom. The van der Waals surface area contributed by atoms with Crippen LogP contribution in [0, 0.1) is 6.92 Å². The van der Waals surface area contributed by atoms with Gasteiger partial charge in [-0.25, -0.2) is 0 Å². The molecule has 0 fully saturated rings. The number of ether oxygens (including phenoxy) is 4. The molecule has 3 aromatic rings. The van der Waals surface area contributed by atoms with Crippen molar-refractivity contribution in [3.8, 4) is 23.0 Å². The number of methoxy groups -OCH3 is 1. The fourth-order valence-electron chi connectivity index (χ4n) is 3.59. The van der Waals surface area contributed by atoms with Gasteiger partial charge in [0.15, 0.2) is 23.0 Å². The lowest BCUT2D eigenvalue weighted by Gasteiger charge is -2.16. The van der Waals surface area contributed by atoms with Crippen molar-refractivity contribution in [2.24, 2.45) is 0 Å². The van der Waals surface area contributed by atoms with E-state index in [1.165, 1.54) is 12.5 Å². The van der Waals surface area contributed by atoms with Crippen LogP contribution in [0.25, 0.3) is 0 Å². The zero-order chi connectivity index (χ0) is 21.9. The molecule has 164 valence electrons. The molecule has 1 aromatic heterocycles. The summed E-state index contributed by atoms with van der Waals surface area (Å²) in [5.41, 5.74) is 4.98. The van der Waals surface area contributed by atoms with E-state index in [2.05, 4.69) is 15.6 Å². The van der Waals surface area contributed by atoms with Crippen LogP contribution < -0.4 is 29.6 Å². The maximum atomic E-state index is 5.97. The molecular formula is C24H23N3O4S. The van der Waals surface area contributed by atoms with Crippen molar-refractivity contribution in [3.05, 3.63) is 78.0 Å². The van der Waals surface area contributed by atoms with Crippen LogP contribution in [0.2, 0.25) is 0 Å². The first-order valence-corrected chi connectivity index (χ1v) is 11.3. The van der Waals surface area contributed by atoms with Gasteiger partial charge in [-0.3, -0.25) is 4.98 Å². The standard InChI is InChI=1S/C24H23N3O4S/c1-15-19(25-12-22(23(15)28-2)31-13-16-6-4-3-5-7-16)14-32-24-26-17-10-20-21(11-18(17)27-24)30-9-8-29-20/h3-12,24,26-27H,13-14H2,1-2H3. The van der Waals surface area contributed by atoms with Gasteiger partial charge >= 0.3 is 0 Å². The minimum atomic E-state index is 0.00279. The van der Waals surface area contributed by atoms with Crippen molar-refractivity contribution in [2.75, 3.05) is 17.7 Å². The fourth-order valence-corrected chi connectivity index (χ4v) is 4.63. The molecule has 0 saturated carbocycles. The van der Waals surface area contributed by atoms with Crippen molar-refractivity contribution in [1.29, 1.82) is 0 Å². The van der Waals surface area contributed by atoms with Crippen LogP contribution in [0.5, 0.6) is 23.0 Å². The Bertz CT molecular complexity index is 1120. The quantitative estimate of drug-likeness (QED) is 0.505. The van der Waals surface area contributed by atoms with Crippen molar-refractivity contribution < 1.29 is 18.9 Å². The smallest absolute Gasteiger partial charge is 0.180 e. The average molecular weight is 450 g/mol. The van der Waals surface area contributed by atoms with E-state index in [1.807, 2.05) is 49.4 Å². The Kier molecular flexibility index (Phi) is 5.68. The van der Waals surface area contributed by atoms with Crippen LogP contribution in [-0.2, 0) is 12.4 Å². The SMILES string of the molecule is COc1c(OCc2ccccc2)cnc(CSC2Nc3cc4c(cc3N2)OC=CO4)c1C. The first kappa shape index (κ1) is 20.4. The normalized spacial score (nSPS) is 13.8. The van der Waals surface area contributed by atoms with Gasteiger partial charge in [-0.1, -0.05) is 30.3 Å². The molecule has 0 spiro atoms. The lowest BCUT2D eigenvalue weighted by Crippen LogP contribution is -2.17. The van der Waals surface area contributed by atoms with Crippen LogP contribution in [0.1, 0.15) is 16.8 Å². The Morgan fingerprint density at radius 1 is 1.03 bits per heavy atom. The Morgan fingerprint density at radius 3 is 2.38 bits per heavy atom. The van der Waals surface area contributed by atoms with E-state index in [1.54, 1.807) is 25.1 Å². The molecule has 0 saturated heterocycles. The summed E-state index contributed by atoms with van der Waals surface area (Å²) in [7, 11) is 1.66. The second-order valence-electron chi connectivity index (χ2n) is 7.33. The summed E-state index contributed by atoms with van der Waals surface area (Å²) < 4.78 is 22.6. The zero-order valence-corrected chi connectivity index (χ0v) is 18.6. The molecule has 7 nitrogen and oxygen atoms in total. The van der Waals surface area contributed by atoms with Gasteiger partial charge in [0.25, 0.3) is 0 Å². The number of aromatic nitrogens is 1. The molecule has 8 heteroatoms. The number of pyridine rings is 1. The Hall–Kier alpha value is -3.52. The summed E-state index contributed by atoms with van der Waals surface area (Å²) in [5.74, 6) is 3.45. The highest BCUT2D eigenvalue weighted by atomic mass is 32.2. The lowest BCUT2D eigenvalue weighted by atomic mass is 10.2. The molecule has 0 bridgehead atoms. The van der Waals surface area contributed by atoms with Crippen molar-refractivity contribution in [3.63, 3.8) is 0 Å². The van der Waals surface area contributed by atoms with Crippen molar-refractivity contribution in [2.45, 2.75) is 24.8 Å². The van der Waals surface area contributed by atoms with E-state index >= 15 is 0 Å². The average Bonchev–Trinajstić information content (AvgIpc) is 3.22. The molecular weight excluding hydrogens is 426 g/mol. The second-order valence-corrected chi connectivity index (χ2v) is 8.43. The molecule has 32 heavy (non-hydrogen) atoms. The minimum absolute atomic E-state index is 0.00279. The van der Waals surface area contributed by atoms with E-state index in [-0.39, 0.29) is 5.50 Å². The third-order valence-electron chi connectivity index (χ3n) is 5.27. The van der Waals surface area contributed by atoms with E-state index in [4.69, 9.17) is 18.9 Å². The molecule has 0 atom stereocenters. The fraction of sp³-hybridized carbons (Fsp3) is 0.208. The maximum absolute atomic E-state index is 5.97. The summed E-state index contributed by atoms with van der Waals surface area (Å²) >= 11 is 1.71. The largest absolute Gasteiger partial charge is 0.492 e. The third kappa shape index (κ3) is 4.13. The van der Waals surface area contributed by atoms with Gasteiger partial charge in [0.2, 0.25) is 0 Å². The molecule has 2 aromatic carbocycles. The van der Waals surface area contributed by atoms with Crippen LogP contribution in [-0.4, -0.2) is 17.6 Å². The maximum Gasteiger partial charge on any atom is 0.180 e. The molecule has 0 radical (unpaired) electrons. The van der Waals surface area contributed by atoms with Gasteiger partial charge in [0, 0.05) is 23.4 Å². The summed E-state index contributed by atoms with van der Waals surface area (Å²) in [4.78, 5) is 4.64. The van der Waals surface area contributed by atoms with Crippen LogP contribution in [0.15, 0.2) is 61.2 Å². The molecule has 0 aliphatic carbocycles. The van der Waals surface area contributed by atoms with Gasteiger partial charge in [-0.2, -0.15) is 0 Å². The highest BCUT2D eigenvalue weighted by Crippen LogP contribution is 2.43. The lowest BCUT2D eigenvalue weighted by molar-refractivity contribution is 0.282. The first-order chi connectivity index (χ1) is 15.7. The van der Waals surface area contributed by atoms with Crippen LogP contribution in [0.4, 0.5) is 11.4 Å². The number of thioether (sulfide) groups is 1. The Balaban J connectivity index is 1.23. The number of hydrogen-bond donors (Lipinski definition) is 2. The number of anilines is 2. The van der Waals surface area contributed by atoms with Crippen LogP contribution in [0.3, 0.4) is 0 Å². The Labute approximate surface area is 190 Å². The number of nitrogens with one attached hydrogen (secondary N) is 2. The number of fused-ring (bicyclic) bond motifs is 2. The predicted molar refractivity (Wildman–Crippen MR) is 125 cm³/mol. The summed E-state index contributed by atoms with van der Waals surface area (Å²) in [6, 6.07) is 13.9. The predicted octanol–water partition coefficient (Wildman–Crippen LogP) is 5.27. The zero-order valence-electron chi connectivity index (χ0n) is 17.8. The molecule has 0 unspecified atom stereocenters. The monoisotopic (exact) mass is 449 g/mol. The number of nitrogens with zero attached hydrogens (tertiary/aromatic N) is 1. The molecule has 2 N–H and O–H groups in total. The topological polar surface area (TPSA) is 73.9 Å². The second kappa shape index (κ2) is 8.92. The summed E-state index contributed by atoms with van der Waals surface area (Å²) in [6.07, 6.45) is 4.79. The molecule has 0 amide bonds. The molecule has 3 heterocycles. The third-order valence-corrected chi connectivity index (χ3v) is 6.27. The molecule has 2 aliphatic rings. The highest BCUT2D eigenvalue weighted by Gasteiger charge is 2.24.